The SMILES string of the molecule is CC1(CNS(=O)(=O)c2cccc(F)c2[N+](=O)[O-])CCNCC1.Cl. The smallest absolute Gasteiger partial charge is 0.317 e. The van der Waals surface area contributed by atoms with Crippen LogP contribution in [0.1, 0.15) is 19.8 Å². The molecular weight excluding hydrogens is 349 g/mol. The van der Waals surface area contributed by atoms with Crippen molar-refractivity contribution in [2.24, 2.45) is 5.41 Å². The van der Waals surface area contributed by atoms with E-state index in [-0.39, 0.29) is 24.4 Å². The lowest BCUT2D eigenvalue weighted by Crippen LogP contribution is -2.42. The fraction of sp³-hybridized carbons (Fsp3) is 0.538. The van der Waals surface area contributed by atoms with Crippen LogP contribution in [0.15, 0.2) is 23.1 Å². The van der Waals surface area contributed by atoms with E-state index in [2.05, 4.69) is 10.0 Å². The van der Waals surface area contributed by atoms with Crippen LogP contribution >= 0.6 is 12.4 Å². The van der Waals surface area contributed by atoms with Gasteiger partial charge in [-0.3, -0.25) is 10.1 Å². The molecule has 0 radical (unpaired) electrons. The highest BCUT2D eigenvalue weighted by molar-refractivity contribution is 7.89. The molecule has 0 aromatic heterocycles. The molecule has 10 heteroatoms. The molecule has 1 aliphatic rings. The Bertz CT molecular complexity index is 678. The summed E-state index contributed by atoms with van der Waals surface area (Å²) in [7, 11) is -4.15. The Kier molecular flexibility index (Phi) is 6.46. The zero-order valence-corrected chi connectivity index (χ0v) is 14.2. The summed E-state index contributed by atoms with van der Waals surface area (Å²) in [5.41, 5.74) is -1.24. The first-order chi connectivity index (χ1) is 10.3. The Morgan fingerprint density at radius 2 is 2.00 bits per heavy atom. The molecular formula is C13H19ClFN3O4S. The third-order valence-corrected chi connectivity index (χ3v) is 5.35. The number of nitro groups is 1. The second-order valence-electron chi connectivity index (χ2n) is 5.73. The Hall–Kier alpha value is -1.29. The van der Waals surface area contributed by atoms with Gasteiger partial charge in [-0.2, -0.15) is 4.39 Å². The second kappa shape index (κ2) is 7.52. The monoisotopic (exact) mass is 367 g/mol. The first-order valence-electron chi connectivity index (χ1n) is 6.88. The van der Waals surface area contributed by atoms with Crippen molar-refractivity contribution in [3.05, 3.63) is 34.1 Å². The van der Waals surface area contributed by atoms with Crippen LogP contribution in [-0.4, -0.2) is 33.0 Å². The van der Waals surface area contributed by atoms with E-state index in [0.717, 1.165) is 44.1 Å². The van der Waals surface area contributed by atoms with Gasteiger partial charge in [0.1, 0.15) is 0 Å². The van der Waals surface area contributed by atoms with E-state index in [9.17, 15) is 22.9 Å². The number of nitrogens with zero attached hydrogens (tertiary/aromatic N) is 1. The average molecular weight is 368 g/mol. The van der Waals surface area contributed by atoms with Gasteiger partial charge in [-0.05, 0) is 43.5 Å². The highest BCUT2D eigenvalue weighted by Crippen LogP contribution is 2.29. The lowest BCUT2D eigenvalue weighted by atomic mass is 9.81. The van der Waals surface area contributed by atoms with Crippen LogP contribution < -0.4 is 10.0 Å². The van der Waals surface area contributed by atoms with Gasteiger partial charge in [0.05, 0.1) is 4.92 Å². The third kappa shape index (κ3) is 4.60. The van der Waals surface area contributed by atoms with Gasteiger partial charge in [0.2, 0.25) is 15.8 Å². The molecule has 0 unspecified atom stereocenters. The first kappa shape index (κ1) is 19.8. The van der Waals surface area contributed by atoms with Crippen LogP contribution in [0.3, 0.4) is 0 Å². The number of piperidine rings is 1. The summed E-state index contributed by atoms with van der Waals surface area (Å²) in [4.78, 5) is 9.26. The van der Waals surface area contributed by atoms with Crippen LogP contribution in [-0.2, 0) is 10.0 Å². The number of hydrogen-bond acceptors (Lipinski definition) is 5. The van der Waals surface area contributed by atoms with Gasteiger partial charge in [0, 0.05) is 6.54 Å². The topological polar surface area (TPSA) is 101 Å². The molecule has 2 N–H and O–H groups in total. The summed E-state index contributed by atoms with van der Waals surface area (Å²) in [6.07, 6.45) is 1.58. The van der Waals surface area contributed by atoms with Gasteiger partial charge in [-0.25, -0.2) is 13.1 Å². The minimum absolute atomic E-state index is 0. The summed E-state index contributed by atoms with van der Waals surface area (Å²) >= 11 is 0. The van der Waals surface area contributed by atoms with Crippen molar-refractivity contribution in [1.82, 2.24) is 10.0 Å². The summed E-state index contributed by atoms with van der Waals surface area (Å²) < 4.78 is 40.5. The minimum Gasteiger partial charge on any atom is -0.317 e. The normalized spacial score (nSPS) is 17.3. The van der Waals surface area contributed by atoms with Crippen molar-refractivity contribution in [3.63, 3.8) is 0 Å². The molecule has 2 rings (SSSR count). The number of benzene rings is 1. The van der Waals surface area contributed by atoms with Gasteiger partial charge in [-0.1, -0.05) is 13.0 Å². The zero-order chi connectivity index (χ0) is 16.4. The maximum Gasteiger partial charge on any atom is 0.324 e. The van der Waals surface area contributed by atoms with Crippen LogP contribution in [0.25, 0.3) is 0 Å². The molecule has 1 saturated heterocycles. The van der Waals surface area contributed by atoms with Crippen molar-refractivity contribution in [2.45, 2.75) is 24.7 Å². The number of para-hydroxylation sites is 1. The van der Waals surface area contributed by atoms with E-state index in [1.807, 2.05) is 6.92 Å². The van der Waals surface area contributed by atoms with Gasteiger partial charge < -0.3 is 5.32 Å². The third-order valence-electron chi connectivity index (χ3n) is 3.92. The zero-order valence-electron chi connectivity index (χ0n) is 12.5. The lowest BCUT2D eigenvalue weighted by Gasteiger charge is -2.34. The van der Waals surface area contributed by atoms with Crippen molar-refractivity contribution < 1.29 is 17.7 Å². The van der Waals surface area contributed by atoms with E-state index >= 15 is 0 Å². The molecule has 0 atom stereocenters. The number of hydrogen-bond donors (Lipinski definition) is 2. The van der Waals surface area contributed by atoms with Crippen molar-refractivity contribution in [2.75, 3.05) is 19.6 Å². The van der Waals surface area contributed by atoms with E-state index in [4.69, 9.17) is 0 Å². The van der Waals surface area contributed by atoms with E-state index in [0.29, 0.717) is 0 Å². The minimum atomic E-state index is -4.15. The summed E-state index contributed by atoms with van der Waals surface area (Å²) in [6.45, 7) is 3.69. The Morgan fingerprint density at radius 1 is 1.39 bits per heavy atom. The van der Waals surface area contributed by atoms with Crippen LogP contribution in [0, 0.1) is 21.3 Å². The van der Waals surface area contributed by atoms with Crippen molar-refractivity contribution in [1.29, 1.82) is 0 Å². The van der Waals surface area contributed by atoms with Gasteiger partial charge >= 0.3 is 5.69 Å². The van der Waals surface area contributed by atoms with E-state index in [1.54, 1.807) is 0 Å². The summed E-state index contributed by atoms with van der Waals surface area (Å²) in [5.74, 6) is -1.17. The number of rotatable bonds is 5. The Labute approximate surface area is 140 Å². The van der Waals surface area contributed by atoms with E-state index in [1.165, 1.54) is 0 Å². The molecule has 1 aliphatic heterocycles. The summed E-state index contributed by atoms with van der Waals surface area (Å²) in [6, 6.07) is 3.04. The molecule has 23 heavy (non-hydrogen) atoms. The van der Waals surface area contributed by atoms with Crippen LogP contribution in [0.2, 0.25) is 0 Å². The molecule has 1 fully saturated rings. The van der Waals surface area contributed by atoms with Crippen LogP contribution in [0.4, 0.5) is 10.1 Å². The maximum atomic E-state index is 13.6. The van der Waals surface area contributed by atoms with E-state index < -0.39 is 31.3 Å². The highest BCUT2D eigenvalue weighted by atomic mass is 35.5. The number of halogens is 2. The fourth-order valence-electron chi connectivity index (χ4n) is 2.44. The predicted octanol–water partition coefficient (Wildman–Crippen LogP) is 1.82. The molecule has 0 bridgehead atoms. The molecule has 0 amide bonds. The predicted molar refractivity (Wildman–Crippen MR) is 85.7 cm³/mol. The molecule has 7 nitrogen and oxygen atoms in total. The highest BCUT2D eigenvalue weighted by Gasteiger charge is 2.32. The molecule has 1 aromatic carbocycles. The van der Waals surface area contributed by atoms with Gasteiger partial charge in [0.25, 0.3) is 0 Å². The molecule has 1 heterocycles. The largest absolute Gasteiger partial charge is 0.324 e. The fourth-order valence-corrected chi connectivity index (χ4v) is 3.82. The number of sulfonamides is 1. The second-order valence-corrected chi connectivity index (χ2v) is 7.46. The lowest BCUT2D eigenvalue weighted by molar-refractivity contribution is -0.390. The molecule has 0 spiro atoms. The quantitative estimate of drug-likeness (QED) is 0.610. The standard InChI is InChI=1S/C13H18FN3O4S.ClH/c1-13(5-7-15-8-6-13)9-16-22(20,21)11-4-2-3-10(14)12(11)17(18)19;/h2-4,15-16H,5-9H2,1H3;1H. The number of nitro benzene ring substituents is 1. The average Bonchev–Trinajstić information content (AvgIpc) is 2.45. The Morgan fingerprint density at radius 3 is 2.57 bits per heavy atom. The van der Waals surface area contributed by atoms with Crippen molar-refractivity contribution in [3.8, 4) is 0 Å². The van der Waals surface area contributed by atoms with Gasteiger partial charge in [0.15, 0.2) is 4.90 Å². The van der Waals surface area contributed by atoms with Crippen molar-refractivity contribution >= 4 is 28.1 Å². The summed E-state index contributed by atoms with van der Waals surface area (Å²) in [5, 5.41) is 14.1. The molecule has 0 saturated carbocycles. The van der Waals surface area contributed by atoms with Crippen LogP contribution in [0.5, 0.6) is 0 Å². The molecule has 1 aromatic rings. The Balaban J connectivity index is 0.00000264. The first-order valence-corrected chi connectivity index (χ1v) is 8.37. The number of nitrogens with one attached hydrogen (secondary N) is 2. The van der Waals surface area contributed by atoms with Gasteiger partial charge in [-0.15, -0.1) is 12.4 Å². The molecule has 130 valence electrons. The molecule has 0 aliphatic carbocycles. The maximum absolute atomic E-state index is 13.6.